The van der Waals surface area contributed by atoms with Gasteiger partial charge >= 0.3 is 0 Å². The monoisotopic (exact) mass is 267 g/mol. The van der Waals surface area contributed by atoms with Crippen LogP contribution in [0.4, 0.5) is 0 Å². The number of aliphatic imine (C=N–C) groups is 1. The van der Waals surface area contributed by atoms with Crippen LogP contribution in [-0.2, 0) is 4.79 Å². The van der Waals surface area contributed by atoms with Gasteiger partial charge in [0.2, 0.25) is 11.9 Å². The van der Waals surface area contributed by atoms with Gasteiger partial charge in [-0.3, -0.25) is 15.2 Å². The molecule has 0 spiro atoms. The lowest BCUT2D eigenvalue weighted by molar-refractivity contribution is -0.129. The van der Waals surface area contributed by atoms with E-state index in [0.29, 0.717) is 25.0 Å². The van der Waals surface area contributed by atoms with Crippen LogP contribution < -0.4 is 16.6 Å². The molecule has 2 rings (SSSR count). The molecule has 0 aromatic carbocycles. The highest BCUT2D eigenvalue weighted by Crippen LogP contribution is 2.17. The van der Waals surface area contributed by atoms with Crippen LogP contribution in [0.3, 0.4) is 0 Å². The van der Waals surface area contributed by atoms with E-state index in [9.17, 15) is 4.79 Å². The van der Waals surface area contributed by atoms with E-state index < -0.39 is 0 Å². The minimum Gasteiger partial charge on any atom is -0.353 e. The summed E-state index contributed by atoms with van der Waals surface area (Å²) in [6.45, 7) is 2.31. The molecule has 6 nitrogen and oxygen atoms in total. The number of carbonyl (C=O) groups excluding carboxylic acids is 1. The van der Waals surface area contributed by atoms with Crippen molar-refractivity contribution in [3.05, 3.63) is 0 Å². The van der Waals surface area contributed by atoms with Gasteiger partial charge in [-0.05, 0) is 25.7 Å². The van der Waals surface area contributed by atoms with Gasteiger partial charge in [0, 0.05) is 25.6 Å². The highest BCUT2D eigenvalue weighted by Gasteiger charge is 2.18. The number of nitrogens with two attached hydrogens (primary N) is 1. The highest BCUT2D eigenvalue weighted by atomic mass is 16.2. The number of rotatable bonds is 4. The Bertz CT molecular complexity index is 319. The standard InChI is InChI=1S/C13H25N5O/c14-17-13(16-11-5-1-2-6-11)15-8-7-12(19)18-9-3-4-10-18/h11H,1-10,14H2,(H2,15,16,17). The van der Waals surface area contributed by atoms with Crippen LogP contribution in [0.25, 0.3) is 0 Å². The first-order valence-corrected chi connectivity index (χ1v) is 7.35. The molecule has 1 saturated heterocycles. The van der Waals surface area contributed by atoms with Crippen molar-refractivity contribution in [3.63, 3.8) is 0 Å². The number of amides is 1. The van der Waals surface area contributed by atoms with Crippen molar-refractivity contribution in [2.75, 3.05) is 19.6 Å². The fourth-order valence-electron chi connectivity index (χ4n) is 2.78. The minimum absolute atomic E-state index is 0.207. The maximum atomic E-state index is 11.8. The van der Waals surface area contributed by atoms with Crippen LogP contribution in [-0.4, -0.2) is 42.4 Å². The number of guanidine groups is 1. The van der Waals surface area contributed by atoms with E-state index in [1.807, 2.05) is 4.90 Å². The second-order valence-corrected chi connectivity index (χ2v) is 5.34. The Morgan fingerprint density at radius 1 is 1.21 bits per heavy atom. The lowest BCUT2D eigenvalue weighted by atomic mass is 10.2. The molecule has 1 aliphatic heterocycles. The van der Waals surface area contributed by atoms with Crippen LogP contribution in [0.15, 0.2) is 4.99 Å². The Hall–Kier alpha value is -1.30. The molecule has 108 valence electrons. The fourth-order valence-corrected chi connectivity index (χ4v) is 2.78. The zero-order chi connectivity index (χ0) is 13.5. The molecule has 0 aromatic rings. The Morgan fingerprint density at radius 2 is 1.89 bits per heavy atom. The van der Waals surface area contributed by atoms with Gasteiger partial charge in [-0.15, -0.1) is 0 Å². The molecular weight excluding hydrogens is 242 g/mol. The first-order valence-electron chi connectivity index (χ1n) is 7.35. The average molecular weight is 267 g/mol. The van der Waals surface area contributed by atoms with Gasteiger partial charge in [0.25, 0.3) is 0 Å². The van der Waals surface area contributed by atoms with E-state index in [1.54, 1.807) is 0 Å². The molecule has 1 saturated carbocycles. The molecule has 6 heteroatoms. The molecule has 0 atom stereocenters. The van der Waals surface area contributed by atoms with E-state index in [-0.39, 0.29) is 5.91 Å². The summed E-state index contributed by atoms with van der Waals surface area (Å²) in [7, 11) is 0. The summed E-state index contributed by atoms with van der Waals surface area (Å²) >= 11 is 0. The van der Waals surface area contributed by atoms with Crippen LogP contribution >= 0.6 is 0 Å². The quantitative estimate of drug-likeness (QED) is 0.297. The van der Waals surface area contributed by atoms with Gasteiger partial charge in [0.15, 0.2) is 0 Å². The normalized spacial score (nSPS) is 20.9. The van der Waals surface area contributed by atoms with Gasteiger partial charge in [-0.2, -0.15) is 0 Å². The summed E-state index contributed by atoms with van der Waals surface area (Å²) < 4.78 is 0. The number of hydrogen-bond donors (Lipinski definition) is 3. The summed E-state index contributed by atoms with van der Waals surface area (Å²) in [4.78, 5) is 18.1. The number of nitrogens with one attached hydrogen (secondary N) is 2. The third kappa shape index (κ3) is 4.38. The summed E-state index contributed by atoms with van der Waals surface area (Å²) in [5.41, 5.74) is 2.59. The Kier molecular flexibility index (Phi) is 5.44. The van der Waals surface area contributed by atoms with E-state index >= 15 is 0 Å². The van der Waals surface area contributed by atoms with Gasteiger partial charge in [0.05, 0.1) is 6.54 Å². The molecular formula is C13H25N5O. The average Bonchev–Trinajstić information content (AvgIpc) is 3.10. The van der Waals surface area contributed by atoms with E-state index in [1.165, 1.54) is 25.7 Å². The zero-order valence-corrected chi connectivity index (χ0v) is 11.5. The summed E-state index contributed by atoms with van der Waals surface area (Å²) in [5.74, 6) is 6.27. The first-order chi connectivity index (χ1) is 9.29. The van der Waals surface area contributed by atoms with Gasteiger partial charge in [-0.1, -0.05) is 12.8 Å². The van der Waals surface area contributed by atoms with Crippen molar-refractivity contribution in [2.24, 2.45) is 10.8 Å². The highest BCUT2D eigenvalue weighted by molar-refractivity contribution is 5.80. The first kappa shape index (κ1) is 14.1. The van der Waals surface area contributed by atoms with E-state index in [4.69, 9.17) is 5.84 Å². The number of likely N-dealkylation sites (tertiary alicyclic amines) is 1. The number of nitrogens with zero attached hydrogens (tertiary/aromatic N) is 2. The van der Waals surface area contributed by atoms with Crippen LogP contribution in [0, 0.1) is 0 Å². The maximum absolute atomic E-state index is 11.8. The smallest absolute Gasteiger partial charge is 0.224 e. The predicted octanol–water partition coefficient (Wildman–Crippen LogP) is 0.350. The molecule has 0 unspecified atom stereocenters. The molecule has 2 aliphatic rings. The molecule has 19 heavy (non-hydrogen) atoms. The third-order valence-electron chi connectivity index (χ3n) is 3.89. The van der Waals surface area contributed by atoms with Crippen molar-refractivity contribution in [3.8, 4) is 0 Å². The lowest BCUT2D eigenvalue weighted by Gasteiger charge is -2.16. The Balaban J connectivity index is 1.70. The summed E-state index contributed by atoms with van der Waals surface area (Å²) in [6.07, 6.45) is 7.62. The van der Waals surface area contributed by atoms with Crippen molar-refractivity contribution >= 4 is 11.9 Å². The zero-order valence-electron chi connectivity index (χ0n) is 11.5. The minimum atomic E-state index is 0.207. The SMILES string of the molecule is NNC(=NCCC(=O)N1CCCC1)NC1CCCC1. The molecule has 4 N–H and O–H groups in total. The van der Waals surface area contributed by atoms with Crippen molar-refractivity contribution in [1.82, 2.24) is 15.6 Å². The van der Waals surface area contributed by atoms with Gasteiger partial charge in [-0.25, -0.2) is 5.84 Å². The Labute approximate surface area is 114 Å². The number of hydrogen-bond acceptors (Lipinski definition) is 3. The van der Waals surface area contributed by atoms with Gasteiger partial charge in [0.1, 0.15) is 0 Å². The van der Waals surface area contributed by atoms with Crippen LogP contribution in [0.1, 0.15) is 44.9 Å². The van der Waals surface area contributed by atoms with Crippen molar-refractivity contribution < 1.29 is 4.79 Å². The lowest BCUT2D eigenvalue weighted by Crippen LogP contribution is -2.45. The van der Waals surface area contributed by atoms with Gasteiger partial charge < -0.3 is 10.2 Å². The molecule has 1 aliphatic carbocycles. The largest absolute Gasteiger partial charge is 0.353 e. The van der Waals surface area contributed by atoms with Crippen LogP contribution in [0.2, 0.25) is 0 Å². The van der Waals surface area contributed by atoms with E-state index in [0.717, 1.165) is 25.9 Å². The number of carbonyl (C=O) groups is 1. The second kappa shape index (κ2) is 7.33. The molecule has 1 amide bonds. The third-order valence-corrected chi connectivity index (χ3v) is 3.89. The summed E-state index contributed by atoms with van der Waals surface area (Å²) in [6, 6.07) is 0.476. The Morgan fingerprint density at radius 3 is 2.53 bits per heavy atom. The van der Waals surface area contributed by atoms with Crippen molar-refractivity contribution in [1.29, 1.82) is 0 Å². The molecule has 0 radical (unpaired) electrons. The van der Waals surface area contributed by atoms with E-state index in [2.05, 4.69) is 15.7 Å². The summed E-state index contributed by atoms with van der Waals surface area (Å²) in [5, 5.41) is 3.30. The molecule has 1 heterocycles. The maximum Gasteiger partial charge on any atom is 0.224 e. The molecule has 2 fully saturated rings. The van der Waals surface area contributed by atoms with Crippen LogP contribution in [0.5, 0.6) is 0 Å². The van der Waals surface area contributed by atoms with Crippen molar-refractivity contribution in [2.45, 2.75) is 51.0 Å². The fraction of sp³-hybridized carbons (Fsp3) is 0.846. The number of hydrazine groups is 1. The topological polar surface area (TPSA) is 82.7 Å². The predicted molar refractivity (Wildman–Crippen MR) is 75.4 cm³/mol. The molecule has 0 bridgehead atoms. The second-order valence-electron chi connectivity index (χ2n) is 5.34. The molecule has 0 aromatic heterocycles.